The fraction of sp³-hybridized carbons (Fsp3) is 0.750. The molecule has 2 aliphatic rings. The van der Waals surface area contributed by atoms with Crippen molar-refractivity contribution in [3.8, 4) is 0 Å². The van der Waals surface area contributed by atoms with Crippen molar-refractivity contribution >= 4 is 11.9 Å². The molecule has 1 amide bonds. The number of carboxylic acid groups (broad SMARTS) is 1. The van der Waals surface area contributed by atoms with Crippen LogP contribution in [0.2, 0.25) is 0 Å². The van der Waals surface area contributed by atoms with E-state index >= 15 is 0 Å². The van der Waals surface area contributed by atoms with E-state index in [1.165, 1.54) is 6.42 Å². The number of nitrogens with one attached hydrogen (secondary N) is 1. The maximum Gasteiger partial charge on any atom is 0.224 e. The molecule has 0 aromatic heterocycles. The minimum Gasteiger partial charge on any atom is -0.550 e. The summed E-state index contributed by atoms with van der Waals surface area (Å²) >= 11 is 0. The van der Waals surface area contributed by atoms with E-state index in [2.05, 4.69) is 5.32 Å². The number of amides is 1. The van der Waals surface area contributed by atoms with Gasteiger partial charge in [-0.3, -0.25) is 4.79 Å². The molecule has 2 unspecified atom stereocenters. The van der Waals surface area contributed by atoms with E-state index in [0.29, 0.717) is 12.8 Å². The average Bonchev–Trinajstić information content (AvgIpc) is 2.42. The molecule has 0 radical (unpaired) electrons. The summed E-state index contributed by atoms with van der Waals surface area (Å²) in [4.78, 5) is 23.7. The first-order chi connectivity index (χ1) is 9.49. The van der Waals surface area contributed by atoms with Crippen LogP contribution in [-0.4, -0.2) is 17.9 Å². The lowest BCUT2D eigenvalue weighted by molar-refractivity contribution is -0.313. The van der Waals surface area contributed by atoms with Crippen LogP contribution in [0.15, 0.2) is 11.1 Å². The Morgan fingerprint density at radius 3 is 2.10 bits per heavy atom. The van der Waals surface area contributed by atoms with Gasteiger partial charge in [-0.15, -0.1) is 0 Å². The third-order valence-electron chi connectivity index (χ3n) is 4.86. The van der Waals surface area contributed by atoms with Crippen LogP contribution in [0.4, 0.5) is 0 Å². The molecule has 0 heterocycles. The van der Waals surface area contributed by atoms with Gasteiger partial charge < -0.3 is 15.2 Å². The highest BCUT2D eigenvalue weighted by Gasteiger charge is 2.34. The molecular weight excluding hydrogens is 254 g/mol. The van der Waals surface area contributed by atoms with Gasteiger partial charge in [-0.1, -0.05) is 30.4 Å². The van der Waals surface area contributed by atoms with Crippen molar-refractivity contribution in [2.75, 3.05) is 0 Å². The number of aliphatic carboxylic acids is 1. The Balaban J connectivity index is 2.04. The van der Waals surface area contributed by atoms with E-state index in [9.17, 15) is 14.7 Å². The van der Waals surface area contributed by atoms with E-state index < -0.39 is 17.8 Å². The predicted molar refractivity (Wildman–Crippen MR) is 74.6 cm³/mol. The van der Waals surface area contributed by atoms with Crippen molar-refractivity contribution < 1.29 is 14.7 Å². The van der Waals surface area contributed by atoms with E-state index in [0.717, 1.165) is 36.8 Å². The molecule has 2 atom stereocenters. The van der Waals surface area contributed by atoms with Crippen molar-refractivity contribution in [2.45, 2.75) is 64.8 Å². The minimum atomic E-state index is -1.10. The maximum atomic E-state index is 12.4. The average molecular weight is 278 g/mol. The second kappa shape index (κ2) is 6.42. The van der Waals surface area contributed by atoms with E-state index in [1.54, 1.807) is 0 Å². The molecule has 112 valence electrons. The third-order valence-corrected chi connectivity index (χ3v) is 4.86. The Morgan fingerprint density at radius 2 is 1.55 bits per heavy atom. The lowest BCUT2D eigenvalue weighted by Crippen LogP contribution is -2.47. The molecular formula is C16H24NO3-. The largest absolute Gasteiger partial charge is 0.550 e. The molecule has 2 rings (SSSR count). The summed E-state index contributed by atoms with van der Waals surface area (Å²) in [5.41, 5.74) is 2.23. The van der Waals surface area contributed by atoms with Crippen molar-refractivity contribution in [1.82, 2.24) is 5.32 Å². The molecule has 0 bridgehead atoms. The van der Waals surface area contributed by atoms with Crippen molar-refractivity contribution in [1.29, 1.82) is 0 Å². The third kappa shape index (κ3) is 3.41. The fourth-order valence-electron chi connectivity index (χ4n) is 3.37. The van der Waals surface area contributed by atoms with E-state index in [4.69, 9.17) is 0 Å². The van der Waals surface area contributed by atoms with Crippen molar-refractivity contribution in [3.63, 3.8) is 0 Å². The number of carbonyl (C=O) groups excluding carboxylic acids is 2. The number of carbonyl (C=O) groups is 2. The molecule has 0 aromatic carbocycles. The second-order valence-electron chi connectivity index (χ2n) is 6.34. The lowest BCUT2D eigenvalue weighted by atomic mass is 9.76. The smallest absolute Gasteiger partial charge is 0.224 e. The number of hydrogen-bond acceptors (Lipinski definition) is 3. The molecule has 4 heteroatoms. The van der Waals surface area contributed by atoms with Crippen LogP contribution in [-0.2, 0) is 9.59 Å². The number of rotatable bonds is 3. The number of allylic oxidation sites excluding steroid dienone is 2. The fourth-order valence-corrected chi connectivity index (χ4v) is 3.37. The van der Waals surface area contributed by atoms with Gasteiger partial charge >= 0.3 is 0 Å². The molecule has 0 aliphatic heterocycles. The van der Waals surface area contributed by atoms with Crippen LogP contribution in [0, 0.1) is 11.8 Å². The number of carboxylic acids is 1. The van der Waals surface area contributed by atoms with Crippen LogP contribution in [0.5, 0.6) is 0 Å². The van der Waals surface area contributed by atoms with Gasteiger partial charge in [0.15, 0.2) is 0 Å². The Bertz CT molecular complexity index is 421. The first-order valence-corrected chi connectivity index (χ1v) is 7.65. The summed E-state index contributed by atoms with van der Waals surface area (Å²) in [5, 5.41) is 14.4. The summed E-state index contributed by atoms with van der Waals surface area (Å²) in [6.07, 6.45) is 6.55. The van der Waals surface area contributed by atoms with Crippen LogP contribution in [0.25, 0.3) is 0 Å². The highest BCUT2D eigenvalue weighted by atomic mass is 16.4. The first-order valence-electron chi connectivity index (χ1n) is 7.65. The van der Waals surface area contributed by atoms with Gasteiger partial charge in [-0.25, -0.2) is 0 Å². The summed E-state index contributed by atoms with van der Waals surface area (Å²) in [7, 11) is 0. The van der Waals surface area contributed by atoms with Crippen LogP contribution in [0.3, 0.4) is 0 Å². The standard InChI is InChI=1S/C16H25NO3/c1-10-8-13(14(16(19)20)9-11(10)2)15(18)17-12-6-4-3-5-7-12/h12-14H,3-9H2,1-2H3,(H,17,18)(H,19,20)/p-1. The highest BCUT2D eigenvalue weighted by Crippen LogP contribution is 2.34. The SMILES string of the molecule is CC1=C(C)CC(C(=O)NC2CCCCC2)C(C(=O)[O-])C1. The Hall–Kier alpha value is -1.32. The normalized spacial score (nSPS) is 28.3. The zero-order valence-electron chi connectivity index (χ0n) is 12.4. The molecule has 0 saturated heterocycles. The molecule has 20 heavy (non-hydrogen) atoms. The summed E-state index contributed by atoms with van der Waals surface area (Å²) < 4.78 is 0. The van der Waals surface area contributed by atoms with Gasteiger partial charge in [0.25, 0.3) is 0 Å². The van der Waals surface area contributed by atoms with Crippen LogP contribution >= 0.6 is 0 Å². The topological polar surface area (TPSA) is 69.2 Å². The quantitative estimate of drug-likeness (QED) is 0.796. The summed E-state index contributed by atoms with van der Waals surface area (Å²) in [5.74, 6) is -2.34. The van der Waals surface area contributed by atoms with Gasteiger partial charge in [0, 0.05) is 23.8 Å². The second-order valence-corrected chi connectivity index (χ2v) is 6.34. The molecule has 4 nitrogen and oxygen atoms in total. The van der Waals surface area contributed by atoms with Gasteiger partial charge in [0.2, 0.25) is 5.91 Å². The van der Waals surface area contributed by atoms with E-state index in [-0.39, 0.29) is 11.9 Å². The monoisotopic (exact) mass is 278 g/mol. The van der Waals surface area contributed by atoms with Gasteiger partial charge in [0.1, 0.15) is 0 Å². The van der Waals surface area contributed by atoms with Crippen molar-refractivity contribution in [3.05, 3.63) is 11.1 Å². The Morgan fingerprint density at radius 1 is 1.00 bits per heavy atom. The molecule has 2 aliphatic carbocycles. The first kappa shape index (κ1) is 15.1. The van der Waals surface area contributed by atoms with Gasteiger partial charge in [-0.05, 0) is 39.5 Å². The van der Waals surface area contributed by atoms with Crippen LogP contribution in [0.1, 0.15) is 58.8 Å². The maximum absolute atomic E-state index is 12.4. The zero-order chi connectivity index (χ0) is 14.7. The van der Waals surface area contributed by atoms with Gasteiger partial charge in [0.05, 0.1) is 0 Å². The summed E-state index contributed by atoms with van der Waals surface area (Å²) in [6.45, 7) is 3.93. The molecule has 0 aromatic rings. The molecule has 0 spiro atoms. The van der Waals surface area contributed by atoms with Crippen molar-refractivity contribution in [2.24, 2.45) is 11.8 Å². The van der Waals surface area contributed by atoms with Gasteiger partial charge in [-0.2, -0.15) is 0 Å². The van der Waals surface area contributed by atoms with Crippen LogP contribution < -0.4 is 10.4 Å². The zero-order valence-corrected chi connectivity index (χ0v) is 12.4. The Labute approximate surface area is 120 Å². The van der Waals surface area contributed by atoms with E-state index in [1.807, 2.05) is 13.8 Å². The molecule has 1 N–H and O–H groups in total. The molecule has 1 saturated carbocycles. The lowest BCUT2D eigenvalue weighted by Gasteiger charge is -2.34. The molecule has 1 fully saturated rings. The predicted octanol–water partition coefficient (Wildman–Crippen LogP) is 1.55. The number of hydrogen-bond donors (Lipinski definition) is 1. The Kier molecular flexibility index (Phi) is 4.84. The summed E-state index contributed by atoms with van der Waals surface area (Å²) in [6, 6.07) is 0.228. The minimum absolute atomic E-state index is 0.0991. The highest BCUT2D eigenvalue weighted by molar-refractivity contribution is 5.85.